The summed E-state index contributed by atoms with van der Waals surface area (Å²) >= 11 is 0. The molecule has 2 rings (SSSR count). The second-order valence-electron chi connectivity index (χ2n) is 3.70. The molecule has 1 saturated heterocycles. The lowest BCUT2D eigenvalue weighted by atomic mass is 10.3. The van der Waals surface area contributed by atoms with Crippen molar-refractivity contribution in [3.63, 3.8) is 0 Å². The van der Waals surface area contributed by atoms with Crippen LogP contribution < -0.4 is 15.5 Å². The lowest BCUT2D eigenvalue weighted by molar-refractivity contribution is -0.120. The standard InChI is InChI=1S/C11H16N4O/c1-2-12-10-7-9(3-4-13-10)15-6-5-14-11(16)8-15/h3-4,7H,2,5-6,8H2,1H3,(H,12,13)(H,14,16). The summed E-state index contributed by atoms with van der Waals surface area (Å²) in [6.45, 7) is 4.86. The summed E-state index contributed by atoms with van der Waals surface area (Å²) in [4.78, 5) is 17.5. The number of aromatic nitrogens is 1. The summed E-state index contributed by atoms with van der Waals surface area (Å²) in [5, 5.41) is 5.97. The number of pyridine rings is 1. The molecule has 1 aliphatic rings. The summed E-state index contributed by atoms with van der Waals surface area (Å²) in [6, 6.07) is 3.90. The molecule has 0 aliphatic carbocycles. The van der Waals surface area contributed by atoms with Gasteiger partial charge in [0.15, 0.2) is 0 Å². The molecule has 1 aliphatic heterocycles. The molecule has 1 aromatic heterocycles. The van der Waals surface area contributed by atoms with Crippen molar-refractivity contribution in [3.05, 3.63) is 18.3 Å². The van der Waals surface area contributed by atoms with Crippen LogP contribution >= 0.6 is 0 Å². The Bertz CT molecular complexity index is 380. The SMILES string of the molecule is CCNc1cc(N2CCNC(=O)C2)ccn1. The van der Waals surface area contributed by atoms with Crippen LogP contribution in [0.5, 0.6) is 0 Å². The van der Waals surface area contributed by atoms with Crippen LogP contribution in [0.15, 0.2) is 18.3 Å². The zero-order valence-corrected chi connectivity index (χ0v) is 9.36. The molecule has 2 N–H and O–H groups in total. The Labute approximate surface area is 94.9 Å². The van der Waals surface area contributed by atoms with Crippen LogP contribution in [0.1, 0.15) is 6.92 Å². The number of carbonyl (C=O) groups excluding carboxylic acids is 1. The number of piperazine rings is 1. The van der Waals surface area contributed by atoms with Gasteiger partial charge >= 0.3 is 0 Å². The second-order valence-corrected chi connectivity index (χ2v) is 3.70. The Morgan fingerprint density at radius 2 is 2.50 bits per heavy atom. The van der Waals surface area contributed by atoms with Crippen molar-refractivity contribution < 1.29 is 4.79 Å². The molecule has 5 heteroatoms. The van der Waals surface area contributed by atoms with E-state index in [1.165, 1.54) is 0 Å². The van der Waals surface area contributed by atoms with E-state index in [-0.39, 0.29) is 5.91 Å². The number of rotatable bonds is 3. The van der Waals surface area contributed by atoms with E-state index in [0.717, 1.165) is 24.6 Å². The highest BCUT2D eigenvalue weighted by Gasteiger charge is 2.16. The molecule has 16 heavy (non-hydrogen) atoms. The van der Waals surface area contributed by atoms with Crippen LogP contribution in [-0.4, -0.2) is 37.1 Å². The zero-order valence-electron chi connectivity index (χ0n) is 9.36. The van der Waals surface area contributed by atoms with Crippen LogP contribution in [-0.2, 0) is 4.79 Å². The van der Waals surface area contributed by atoms with Gasteiger partial charge in [-0.3, -0.25) is 4.79 Å². The minimum Gasteiger partial charge on any atom is -0.370 e. The first-order valence-corrected chi connectivity index (χ1v) is 5.51. The third-order valence-electron chi connectivity index (χ3n) is 2.50. The molecule has 86 valence electrons. The quantitative estimate of drug-likeness (QED) is 0.776. The van der Waals surface area contributed by atoms with Crippen molar-refractivity contribution in [1.29, 1.82) is 0 Å². The third kappa shape index (κ3) is 2.42. The molecule has 0 unspecified atom stereocenters. The molecule has 0 bridgehead atoms. The van der Waals surface area contributed by atoms with Crippen molar-refractivity contribution in [2.75, 3.05) is 36.4 Å². The Morgan fingerprint density at radius 1 is 1.62 bits per heavy atom. The van der Waals surface area contributed by atoms with Gasteiger partial charge < -0.3 is 15.5 Å². The normalized spacial score (nSPS) is 15.8. The monoisotopic (exact) mass is 220 g/mol. The number of hydrogen-bond acceptors (Lipinski definition) is 4. The number of anilines is 2. The molecule has 0 radical (unpaired) electrons. The smallest absolute Gasteiger partial charge is 0.239 e. The maximum absolute atomic E-state index is 11.3. The fourth-order valence-electron chi connectivity index (χ4n) is 1.75. The summed E-state index contributed by atoms with van der Waals surface area (Å²) in [5.74, 6) is 0.930. The Kier molecular flexibility index (Phi) is 3.24. The van der Waals surface area contributed by atoms with E-state index in [2.05, 4.69) is 20.5 Å². The average Bonchev–Trinajstić information content (AvgIpc) is 2.30. The van der Waals surface area contributed by atoms with Gasteiger partial charge in [-0.15, -0.1) is 0 Å². The van der Waals surface area contributed by atoms with Crippen molar-refractivity contribution in [1.82, 2.24) is 10.3 Å². The molecule has 1 fully saturated rings. The fraction of sp³-hybridized carbons (Fsp3) is 0.455. The van der Waals surface area contributed by atoms with Crippen LogP contribution in [0.4, 0.5) is 11.5 Å². The molecular weight excluding hydrogens is 204 g/mol. The molecule has 0 aromatic carbocycles. The van der Waals surface area contributed by atoms with Gasteiger partial charge in [-0.2, -0.15) is 0 Å². The summed E-state index contributed by atoms with van der Waals surface area (Å²) in [6.07, 6.45) is 1.76. The van der Waals surface area contributed by atoms with Gasteiger partial charge in [0.05, 0.1) is 6.54 Å². The molecule has 1 amide bonds. The van der Waals surface area contributed by atoms with E-state index in [4.69, 9.17) is 0 Å². The van der Waals surface area contributed by atoms with E-state index in [1.807, 2.05) is 19.1 Å². The van der Waals surface area contributed by atoms with E-state index in [1.54, 1.807) is 6.20 Å². The van der Waals surface area contributed by atoms with Gasteiger partial charge in [-0.05, 0) is 13.0 Å². The topological polar surface area (TPSA) is 57.3 Å². The van der Waals surface area contributed by atoms with Crippen molar-refractivity contribution in [2.24, 2.45) is 0 Å². The summed E-state index contributed by atoms with van der Waals surface area (Å²) in [5.41, 5.74) is 1.04. The largest absolute Gasteiger partial charge is 0.370 e. The first-order chi connectivity index (χ1) is 7.79. The van der Waals surface area contributed by atoms with Gasteiger partial charge in [-0.25, -0.2) is 4.98 Å². The second kappa shape index (κ2) is 4.83. The lowest BCUT2D eigenvalue weighted by Gasteiger charge is -2.28. The minimum absolute atomic E-state index is 0.0769. The van der Waals surface area contributed by atoms with Crippen LogP contribution in [0.25, 0.3) is 0 Å². The van der Waals surface area contributed by atoms with Crippen LogP contribution in [0, 0.1) is 0 Å². The number of nitrogens with one attached hydrogen (secondary N) is 2. The van der Waals surface area contributed by atoms with Crippen molar-refractivity contribution in [2.45, 2.75) is 6.92 Å². The fourth-order valence-corrected chi connectivity index (χ4v) is 1.75. The van der Waals surface area contributed by atoms with E-state index in [9.17, 15) is 4.79 Å². The molecule has 0 spiro atoms. The highest BCUT2D eigenvalue weighted by Crippen LogP contribution is 2.17. The van der Waals surface area contributed by atoms with Gasteiger partial charge in [0, 0.05) is 37.6 Å². The molecule has 0 saturated carbocycles. The van der Waals surface area contributed by atoms with E-state index < -0.39 is 0 Å². The van der Waals surface area contributed by atoms with Gasteiger partial charge in [0.1, 0.15) is 5.82 Å². The lowest BCUT2D eigenvalue weighted by Crippen LogP contribution is -2.47. The maximum Gasteiger partial charge on any atom is 0.239 e. The first-order valence-electron chi connectivity index (χ1n) is 5.51. The predicted octanol–water partition coefficient (Wildman–Crippen LogP) is 0.450. The number of carbonyl (C=O) groups is 1. The predicted molar refractivity (Wildman–Crippen MR) is 63.6 cm³/mol. The van der Waals surface area contributed by atoms with Gasteiger partial charge in [0.2, 0.25) is 5.91 Å². The molecule has 5 nitrogen and oxygen atoms in total. The van der Waals surface area contributed by atoms with E-state index in [0.29, 0.717) is 13.1 Å². The Hall–Kier alpha value is -1.78. The van der Waals surface area contributed by atoms with Crippen LogP contribution in [0.2, 0.25) is 0 Å². The number of nitrogens with zero attached hydrogens (tertiary/aromatic N) is 2. The Balaban J connectivity index is 2.12. The molecule has 2 heterocycles. The Morgan fingerprint density at radius 3 is 3.25 bits per heavy atom. The zero-order chi connectivity index (χ0) is 11.4. The molecule has 1 aromatic rings. The van der Waals surface area contributed by atoms with Gasteiger partial charge in [-0.1, -0.05) is 0 Å². The number of hydrogen-bond donors (Lipinski definition) is 2. The highest BCUT2D eigenvalue weighted by atomic mass is 16.2. The van der Waals surface area contributed by atoms with Crippen molar-refractivity contribution >= 4 is 17.4 Å². The minimum atomic E-state index is 0.0769. The first kappa shape index (κ1) is 10.7. The van der Waals surface area contributed by atoms with E-state index >= 15 is 0 Å². The maximum atomic E-state index is 11.3. The average molecular weight is 220 g/mol. The van der Waals surface area contributed by atoms with Crippen LogP contribution in [0.3, 0.4) is 0 Å². The summed E-state index contributed by atoms with van der Waals surface area (Å²) < 4.78 is 0. The van der Waals surface area contributed by atoms with Gasteiger partial charge in [0.25, 0.3) is 0 Å². The highest BCUT2D eigenvalue weighted by molar-refractivity contribution is 5.82. The summed E-state index contributed by atoms with van der Waals surface area (Å²) in [7, 11) is 0. The molecular formula is C11H16N4O. The van der Waals surface area contributed by atoms with Crippen molar-refractivity contribution in [3.8, 4) is 0 Å². The number of amides is 1. The molecule has 0 atom stereocenters. The third-order valence-corrected chi connectivity index (χ3v) is 2.50.